The number of ether oxygens (including phenoxy) is 2. The summed E-state index contributed by atoms with van der Waals surface area (Å²) in [6.07, 6.45) is 1.98. The van der Waals surface area contributed by atoms with E-state index in [0.29, 0.717) is 0 Å². The van der Waals surface area contributed by atoms with Crippen molar-refractivity contribution in [1.82, 2.24) is 14.8 Å². The molecule has 1 aliphatic carbocycles. The highest BCUT2D eigenvalue weighted by molar-refractivity contribution is 5.62. The molecule has 0 unspecified atom stereocenters. The predicted molar refractivity (Wildman–Crippen MR) is 98.4 cm³/mol. The standard InChI is InChI=1S/C21H20FN3O2/c1-13(2)25-19(14-3-8-17-18(11-14)27-12-26-17)23-24-20(25)21(9-10-21)15-4-6-16(22)7-5-15/h3-8,11,13H,9-10,12H2,1-2H3. The van der Waals surface area contributed by atoms with E-state index in [1.807, 2.05) is 30.3 Å². The smallest absolute Gasteiger partial charge is 0.231 e. The molecule has 1 aliphatic heterocycles. The molecule has 138 valence electrons. The number of benzene rings is 2. The second-order valence-corrected chi connectivity index (χ2v) is 7.47. The summed E-state index contributed by atoms with van der Waals surface area (Å²) >= 11 is 0. The summed E-state index contributed by atoms with van der Waals surface area (Å²) in [6, 6.07) is 12.8. The largest absolute Gasteiger partial charge is 0.454 e. The van der Waals surface area contributed by atoms with Crippen LogP contribution in [0.3, 0.4) is 0 Å². The van der Waals surface area contributed by atoms with Crippen molar-refractivity contribution < 1.29 is 13.9 Å². The van der Waals surface area contributed by atoms with E-state index in [1.165, 1.54) is 12.1 Å². The first-order chi connectivity index (χ1) is 13.1. The summed E-state index contributed by atoms with van der Waals surface area (Å²) in [4.78, 5) is 0. The second-order valence-electron chi connectivity index (χ2n) is 7.47. The van der Waals surface area contributed by atoms with Gasteiger partial charge in [-0.1, -0.05) is 12.1 Å². The molecule has 3 aromatic rings. The van der Waals surface area contributed by atoms with Crippen LogP contribution in [0.15, 0.2) is 42.5 Å². The Labute approximate surface area is 156 Å². The zero-order valence-electron chi connectivity index (χ0n) is 15.3. The lowest BCUT2D eigenvalue weighted by Crippen LogP contribution is -2.18. The maximum Gasteiger partial charge on any atom is 0.231 e. The van der Waals surface area contributed by atoms with Gasteiger partial charge in [0.2, 0.25) is 6.79 Å². The molecule has 5 nitrogen and oxygen atoms in total. The molecule has 27 heavy (non-hydrogen) atoms. The summed E-state index contributed by atoms with van der Waals surface area (Å²) in [6.45, 7) is 4.50. The Morgan fingerprint density at radius 1 is 1.00 bits per heavy atom. The fourth-order valence-corrected chi connectivity index (χ4v) is 3.87. The van der Waals surface area contributed by atoms with Crippen LogP contribution in [-0.2, 0) is 5.41 Å². The lowest BCUT2D eigenvalue weighted by atomic mass is 9.94. The predicted octanol–water partition coefficient (Wildman–Crippen LogP) is 4.47. The van der Waals surface area contributed by atoms with Gasteiger partial charge < -0.3 is 14.0 Å². The van der Waals surface area contributed by atoms with E-state index in [0.717, 1.165) is 47.1 Å². The van der Waals surface area contributed by atoms with Crippen molar-refractivity contribution >= 4 is 0 Å². The molecule has 2 aliphatic rings. The Bertz CT molecular complexity index is 1010. The van der Waals surface area contributed by atoms with Crippen molar-refractivity contribution in [2.45, 2.75) is 38.1 Å². The number of hydrogen-bond acceptors (Lipinski definition) is 4. The maximum atomic E-state index is 13.4. The summed E-state index contributed by atoms with van der Waals surface area (Å²) < 4.78 is 26.5. The Kier molecular flexibility index (Phi) is 3.50. The van der Waals surface area contributed by atoms with Crippen molar-refractivity contribution in [3.8, 4) is 22.9 Å². The highest BCUT2D eigenvalue weighted by Crippen LogP contribution is 2.53. The van der Waals surface area contributed by atoms with Crippen LogP contribution in [0.5, 0.6) is 11.5 Å². The Balaban J connectivity index is 1.62. The number of nitrogens with zero attached hydrogens (tertiary/aromatic N) is 3. The van der Waals surface area contributed by atoms with Gasteiger partial charge in [0.1, 0.15) is 11.6 Å². The number of aromatic nitrogens is 3. The lowest BCUT2D eigenvalue weighted by Gasteiger charge is -2.20. The number of halogens is 1. The molecule has 5 rings (SSSR count). The van der Waals surface area contributed by atoms with Crippen LogP contribution in [0.2, 0.25) is 0 Å². The highest BCUT2D eigenvalue weighted by atomic mass is 19.1. The zero-order chi connectivity index (χ0) is 18.6. The molecule has 0 bridgehead atoms. The molecule has 0 radical (unpaired) electrons. The molecule has 2 aromatic carbocycles. The molecule has 0 saturated heterocycles. The van der Waals surface area contributed by atoms with Crippen LogP contribution in [0, 0.1) is 5.82 Å². The third kappa shape index (κ3) is 2.51. The molecule has 1 aromatic heterocycles. The van der Waals surface area contributed by atoms with E-state index in [4.69, 9.17) is 9.47 Å². The molecule has 6 heteroatoms. The van der Waals surface area contributed by atoms with Crippen molar-refractivity contribution in [2.75, 3.05) is 6.79 Å². The topological polar surface area (TPSA) is 49.2 Å². The van der Waals surface area contributed by atoms with Crippen LogP contribution >= 0.6 is 0 Å². The fraction of sp³-hybridized carbons (Fsp3) is 0.333. The minimum atomic E-state index is -0.221. The van der Waals surface area contributed by atoms with Gasteiger partial charge in [-0.05, 0) is 62.6 Å². The molecule has 0 N–H and O–H groups in total. The Hall–Kier alpha value is -2.89. The van der Waals surface area contributed by atoms with Gasteiger partial charge >= 0.3 is 0 Å². The van der Waals surface area contributed by atoms with Gasteiger partial charge in [0.25, 0.3) is 0 Å². The first-order valence-corrected chi connectivity index (χ1v) is 9.20. The molecular formula is C21H20FN3O2. The summed E-state index contributed by atoms with van der Waals surface area (Å²) in [5, 5.41) is 9.11. The molecule has 1 fully saturated rings. The summed E-state index contributed by atoms with van der Waals surface area (Å²) in [5.74, 6) is 3.01. The number of fused-ring (bicyclic) bond motifs is 1. The quantitative estimate of drug-likeness (QED) is 0.684. The van der Waals surface area contributed by atoms with E-state index in [-0.39, 0.29) is 24.1 Å². The molecule has 2 heterocycles. The van der Waals surface area contributed by atoms with Crippen LogP contribution < -0.4 is 9.47 Å². The maximum absolute atomic E-state index is 13.4. The van der Waals surface area contributed by atoms with Gasteiger partial charge in [-0.25, -0.2) is 4.39 Å². The van der Waals surface area contributed by atoms with Gasteiger partial charge in [-0.2, -0.15) is 0 Å². The average Bonchev–Trinajstić information content (AvgIpc) is 3.13. The van der Waals surface area contributed by atoms with Crippen molar-refractivity contribution in [1.29, 1.82) is 0 Å². The fourth-order valence-electron chi connectivity index (χ4n) is 3.87. The number of rotatable bonds is 4. The van der Waals surface area contributed by atoms with E-state index in [2.05, 4.69) is 28.6 Å². The zero-order valence-corrected chi connectivity index (χ0v) is 15.3. The van der Waals surface area contributed by atoms with Gasteiger partial charge in [0, 0.05) is 11.6 Å². The Morgan fingerprint density at radius 3 is 2.44 bits per heavy atom. The van der Waals surface area contributed by atoms with Gasteiger partial charge in [-0.15, -0.1) is 10.2 Å². The third-order valence-corrected chi connectivity index (χ3v) is 5.42. The van der Waals surface area contributed by atoms with Gasteiger partial charge in [0.15, 0.2) is 17.3 Å². The minimum absolute atomic E-state index is 0.181. The van der Waals surface area contributed by atoms with E-state index >= 15 is 0 Å². The molecule has 0 atom stereocenters. The van der Waals surface area contributed by atoms with Crippen molar-refractivity contribution in [3.05, 3.63) is 59.7 Å². The van der Waals surface area contributed by atoms with E-state index in [9.17, 15) is 4.39 Å². The molecular weight excluding hydrogens is 345 g/mol. The van der Waals surface area contributed by atoms with Crippen LogP contribution in [0.25, 0.3) is 11.4 Å². The molecule has 0 amide bonds. The van der Waals surface area contributed by atoms with Crippen LogP contribution in [0.1, 0.15) is 44.1 Å². The van der Waals surface area contributed by atoms with Crippen LogP contribution in [-0.4, -0.2) is 21.6 Å². The first kappa shape index (κ1) is 16.3. The Morgan fingerprint density at radius 2 is 1.74 bits per heavy atom. The van der Waals surface area contributed by atoms with E-state index < -0.39 is 0 Å². The number of hydrogen-bond donors (Lipinski definition) is 0. The summed E-state index contributed by atoms with van der Waals surface area (Å²) in [5.41, 5.74) is 1.86. The van der Waals surface area contributed by atoms with Crippen molar-refractivity contribution in [2.24, 2.45) is 0 Å². The third-order valence-electron chi connectivity index (χ3n) is 5.42. The van der Waals surface area contributed by atoms with Crippen molar-refractivity contribution in [3.63, 3.8) is 0 Å². The molecule has 1 saturated carbocycles. The molecule has 0 spiro atoms. The highest BCUT2D eigenvalue weighted by Gasteiger charge is 2.50. The van der Waals surface area contributed by atoms with E-state index in [1.54, 1.807) is 0 Å². The van der Waals surface area contributed by atoms with Gasteiger partial charge in [0.05, 0.1) is 5.41 Å². The lowest BCUT2D eigenvalue weighted by molar-refractivity contribution is 0.174. The van der Waals surface area contributed by atoms with Crippen LogP contribution in [0.4, 0.5) is 4.39 Å². The minimum Gasteiger partial charge on any atom is -0.454 e. The average molecular weight is 365 g/mol. The second kappa shape index (κ2) is 5.81. The van der Waals surface area contributed by atoms with Gasteiger partial charge in [-0.3, -0.25) is 0 Å². The summed E-state index contributed by atoms with van der Waals surface area (Å²) in [7, 11) is 0. The monoisotopic (exact) mass is 365 g/mol. The SMILES string of the molecule is CC(C)n1c(-c2ccc3c(c2)OCO3)nnc1C1(c2ccc(F)cc2)CC1. The first-order valence-electron chi connectivity index (χ1n) is 9.20. The normalized spacial score (nSPS) is 16.7.